The van der Waals surface area contributed by atoms with Crippen LogP contribution in [0.25, 0.3) is 20.9 Å². The molecule has 26 nitrogen and oxygen atoms in total. The number of β-amino-alcohol motifs (C(OH)–C–C–N with tert-alkyl or cyclic N) is 2. The van der Waals surface area contributed by atoms with Crippen LogP contribution >= 0.6 is 45.9 Å². The molecule has 4 fully saturated rings. The van der Waals surface area contributed by atoms with Gasteiger partial charge in [0, 0.05) is 115 Å². The van der Waals surface area contributed by atoms with Crippen LogP contribution in [0.5, 0.6) is 23.0 Å². The molecule has 2 unspecified atom stereocenters. The summed E-state index contributed by atoms with van der Waals surface area (Å²) in [4.78, 5) is 125. The number of ether oxygens (including phenoxy) is 5. The van der Waals surface area contributed by atoms with Crippen molar-refractivity contribution in [3.05, 3.63) is 212 Å². The number of Topliss-reactive ketones (excluding diaryl/α,β-unsaturated/α-hetero) is 2. The molecule has 2 aliphatic carbocycles. The summed E-state index contributed by atoms with van der Waals surface area (Å²) in [5.41, 5.74) is 9.07. The van der Waals surface area contributed by atoms with Gasteiger partial charge in [-0.15, -0.1) is 22.7 Å². The van der Waals surface area contributed by atoms with Crippen molar-refractivity contribution in [1.82, 2.24) is 45.9 Å². The van der Waals surface area contributed by atoms with Crippen molar-refractivity contribution in [1.29, 1.82) is 10.5 Å². The van der Waals surface area contributed by atoms with Gasteiger partial charge in [-0.1, -0.05) is 195 Å². The summed E-state index contributed by atoms with van der Waals surface area (Å²) in [7, 11) is 0. The van der Waals surface area contributed by atoms with Gasteiger partial charge in [0.1, 0.15) is 77.6 Å². The molecule has 2 aromatic heterocycles. The van der Waals surface area contributed by atoms with E-state index in [1.54, 1.807) is 135 Å². The number of rotatable bonds is 41. The second-order valence-electron chi connectivity index (χ2n) is 43.4. The number of benzene rings is 6. The average molecular weight is 2000 g/mol. The highest BCUT2D eigenvalue weighted by Gasteiger charge is 2.65. The molecule has 2 saturated carbocycles. The maximum Gasteiger partial charge on any atom is 0.410 e. The molecule has 4 aliphatic rings. The van der Waals surface area contributed by atoms with E-state index in [9.17, 15) is 59.1 Å². The maximum atomic E-state index is 14.3. The molecular weight excluding hydrogens is 1860 g/mol. The molecular formula is C111H141Cl2N11O15S2. The van der Waals surface area contributed by atoms with Crippen LogP contribution in [0.4, 0.5) is 4.79 Å². The Morgan fingerprint density at radius 2 is 0.915 bits per heavy atom. The minimum absolute atomic E-state index is 0.0308. The number of nitrogens with zero attached hydrogens (tertiary/aromatic N) is 7. The van der Waals surface area contributed by atoms with E-state index in [0.29, 0.717) is 126 Å². The first-order valence-corrected chi connectivity index (χ1v) is 51.4. The van der Waals surface area contributed by atoms with Crippen LogP contribution < -0.4 is 40.2 Å². The van der Waals surface area contributed by atoms with Gasteiger partial charge in [0.2, 0.25) is 29.5 Å². The first kappa shape index (κ1) is 110. The Balaban J connectivity index is 0.000000271. The van der Waals surface area contributed by atoms with E-state index in [0.717, 1.165) is 74.8 Å². The van der Waals surface area contributed by atoms with Crippen molar-refractivity contribution < 1.29 is 72.3 Å². The Kier molecular flexibility index (Phi) is 37.0. The molecule has 0 radical (unpaired) electrons. The van der Waals surface area contributed by atoms with Crippen molar-refractivity contribution in [2.24, 2.45) is 44.3 Å². The Hall–Kier alpha value is -11.2. The minimum atomic E-state index is -1.08. The summed E-state index contributed by atoms with van der Waals surface area (Å²) in [6.45, 7) is 43.3. The van der Waals surface area contributed by atoms with E-state index in [4.69, 9.17) is 46.9 Å². The van der Waals surface area contributed by atoms with E-state index in [1.807, 2.05) is 88.7 Å². The van der Waals surface area contributed by atoms with Crippen LogP contribution in [-0.2, 0) is 41.8 Å². The lowest BCUT2D eigenvalue weighted by atomic mass is 9.44. The Labute approximate surface area is 849 Å². The zero-order chi connectivity index (χ0) is 103. The number of aromatic nitrogens is 2. The zero-order valence-electron chi connectivity index (χ0n) is 85.1. The number of nitriles is 2. The van der Waals surface area contributed by atoms with Gasteiger partial charge in [-0.3, -0.25) is 38.5 Å². The molecule has 2 aliphatic heterocycles. The fraction of sp³-hybridized carbons (Fsp3) is 0.514. The lowest BCUT2D eigenvalue weighted by Crippen LogP contribution is -2.66. The molecule has 2 saturated heterocycles. The van der Waals surface area contributed by atoms with Gasteiger partial charge in [-0.25, -0.2) is 14.8 Å². The van der Waals surface area contributed by atoms with Gasteiger partial charge < -0.3 is 65.0 Å². The molecule has 4 heterocycles. The first-order valence-electron chi connectivity index (χ1n) is 48.9. The molecule has 12 rings (SSSR count). The molecule has 6 amide bonds. The normalized spacial score (nSPS) is 19.6. The topological polar surface area (TPSA) is 354 Å². The van der Waals surface area contributed by atoms with Crippen molar-refractivity contribution in [3.8, 4) is 56.0 Å². The second kappa shape index (κ2) is 47.3. The number of nitrogens with one attached hydrogen (secondary N) is 4. The van der Waals surface area contributed by atoms with E-state index in [2.05, 4.69) is 130 Å². The number of ketones is 2. The standard InChI is InChI=1S/C57H73ClN6O9S.C54H68ClN5O6S/c1-35-48(74-34-61-35)38-17-15-36(16-18-38)31-60-50(68)44-27-40(65)32-64(44)51(69)49(54(2,3)4)62-47(67)33-63(53(70)73-55(5,6)7)25-13-12-14-26-71-41-22-19-37(20-23-41)45(66)29-46-56(8,9)52(57(46,10)11)72-42-24-21-39(30-59)43(58)28-42;1-34(57-31-36-16-18-38(19-17-36)48-35(2)58-33-67-48)44-27-40(61)32-60(44)50(64)49(52(3,4)5)59-47(63)15-13-11-10-12-14-26-65-41-23-20-37(21-24-41)45(62)29-46-53(6,7)51(54(46,8)9)66-42-25-22-39(30-56)43(55)28-42/h15-24,28,34,40,44,46,49,52,65H,12-14,25-27,29,31-33H2,1-11H3,(H,60,68)(H,62,67);16-25,28,33,40,44,46,49,51,57,61H,1,10-15,26-27,29,31-32H2,2-9H3,(H,59,63)/t40-,44+,46?,49?,52?;40-,44+,46?,49?,51?/m11/s1. The van der Waals surface area contributed by atoms with Gasteiger partial charge in [-0.05, 0) is 184 Å². The zero-order valence-corrected chi connectivity index (χ0v) is 88.2. The predicted octanol–water partition coefficient (Wildman–Crippen LogP) is 20.8. The highest BCUT2D eigenvalue weighted by molar-refractivity contribution is 7.13. The van der Waals surface area contributed by atoms with E-state index in [-0.39, 0.29) is 108 Å². The van der Waals surface area contributed by atoms with Gasteiger partial charge >= 0.3 is 6.09 Å². The van der Waals surface area contributed by atoms with E-state index >= 15 is 0 Å². The number of thiazole rings is 2. The van der Waals surface area contributed by atoms with Gasteiger partial charge in [0.15, 0.2) is 11.6 Å². The van der Waals surface area contributed by atoms with E-state index in [1.165, 1.54) is 9.80 Å². The maximum absolute atomic E-state index is 14.3. The van der Waals surface area contributed by atoms with Crippen molar-refractivity contribution in [2.45, 2.75) is 282 Å². The molecule has 0 spiro atoms. The van der Waals surface area contributed by atoms with Crippen molar-refractivity contribution >= 4 is 93.1 Å². The molecule has 30 heteroatoms. The lowest BCUT2D eigenvalue weighted by Gasteiger charge is -2.63. The smallest absolute Gasteiger partial charge is 0.410 e. The number of aryl methyl sites for hydroxylation is 2. The quantitative estimate of drug-likeness (QED) is 0.0153. The number of unbranched alkanes of at least 4 members (excludes halogenated alkanes) is 6. The number of halogens is 2. The largest absolute Gasteiger partial charge is 0.494 e. The fourth-order valence-electron chi connectivity index (χ4n) is 20.4. The van der Waals surface area contributed by atoms with Gasteiger partial charge in [0.25, 0.3) is 0 Å². The number of aliphatic hydroxyl groups is 2. The molecule has 6 aromatic carbocycles. The summed E-state index contributed by atoms with van der Waals surface area (Å²) < 4.78 is 30.5. The summed E-state index contributed by atoms with van der Waals surface area (Å²) in [5.74, 6) is 0.927. The van der Waals surface area contributed by atoms with Crippen LogP contribution in [0.2, 0.25) is 10.0 Å². The minimum Gasteiger partial charge on any atom is -0.494 e. The molecule has 6 N–H and O–H groups in total. The highest BCUT2D eigenvalue weighted by Crippen LogP contribution is 2.63. The van der Waals surface area contributed by atoms with Crippen LogP contribution in [-0.4, -0.2) is 176 Å². The third-order valence-corrected chi connectivity index (χ3v) is 30.4. The van der Waals surface area contributed by atoms with Crippen LogP contribution in [0, 0.1) is 80.8 Å². The first-order chi connectivity index (χ1) is 66.4. The highest BCUT2D eigenvalue weighted by atomic mass is 35.5. The molecule has 8 aromatic rings. The average Bonchev–Trinajstić information content (AvgIpc) is 1.11. The van der Waals surface area contributed by atoms with Crippen LogP contribution in [0.15, 0.2) is 157 Å². The summed E-state index contributed by atoms with van der Waals surface area (Å²) in [6, 6.07) is 41.7. The van der Waals surface area contributed by atoms with Crippen LogP contribution in [0.1, 0.15) is 256 Å². The monoisotopic (exact) mass is 2000 g/mol. The van der Waals surface area contributed by atoms with Crippen molar-refractivity contribution in [3.63, 3.8) is 0 Å². The third kappa shape index (κ3) is 28.4. The Morgan fingerprint density at radius 3 is 1.32 bits per heavy atom. The van der Waals surface area contributed by atoms with Crippen molar-refractivity contribution in [2.75, 3.05) is 39.4 Å². The van der Waals surface area contributed by atoms with E-state index < -0.39 is 76.6 Å². The molecule has 6 atom stereocenters. The molecule has 0 bridgehead atoms. The third-order valence-electron chi connectivity index (χ3n) is 27.8. The van der Waals surface area contributed by atoms with Gasteiger partial charge in [-0.2, -0.15) is 10.5 Å². The number of amides is 6. The Bertz CT molecular complexity index is 5770. The summed E-state index contributed by atoms with van der Waals surface area (Å²) >= 11 is 15.7. The predicted molar refractivity (Wildman–Crippen MR) is 552 cm³/mol. The van der Waals surface area contributed by atoms with Crippen LogP contribution in [0.3, 0.4) is 0 Å². The fourth-order valence-corrected chi connectivity index (χ4v) is 22.5. The number of carbonyl (C=O) groups is 8. The molecule has 141 heavy (non-hydrogen) atoms. The number of hydrogen-bond acceptors (Lipinski definition) is 22. The summed E-state index contributed by atoms with van der Waals surface area (Å²) in [5, 5.41) is 52.8. The summed E-state index contributed by atoms with van der Waals surface area (Å²) in [6.07, 6.45) is 5.09. The number of hydrogen-bond donors (Lipinski definition) is 6. The second-order valence-corrected chi connectivity index (χ2v) is 45.9. The molecule has 756 valence electrons. The number of carbonyl (C=O) groups excluding carboxylic acids is 8. The lowest BCUT2D eigenvalue weighted by molar-refractivity contribution is -0.196. The number of aliphatic hydroxyl groups excluding tert-OH is 2. The SMILES string of the molecule is C=C(NCc1ccc(-c2scnc2C)cc1)[C@@H]1C[C@@H](O)CN1C(=O)C(NC(=O)CCCCCCCOc1ccc(C(=O)CC2C(C)(C)C(Oc3ccc(C#N)c(Cl)c3)C2(C)C)cc1)C(C)(C)C.Cc1ncsc1-c1ccc(CNC(=O)[C@@H]2C[C@@H](O)CN2C(=O)C(NC(=O)CN(CCCCCOc2ccc(C(=O)CC3C(C)(C)C(Oc4ccc(C#N)c(Cl)c4)C3(C)C)cc2)C(=O)OC(C)(C)C)C(C)(C)C)cc1. The Morgan fingerprint density at radius 1 is 0.525 bits per heavy atom. The van der Waals surface area contributed by atoms with Gasteiger partial charge in [0.05, 0.1) is 84.8 Å². The number of likely N-dealkylation sites (tertiary alicyclic amines) is 2.